The second-order valence-corrected chi connectivity index (χ2v) is 5.78. The lowest BCUT2D eigenvalue weighted by Crippen LogP contribution is -2.08. The van der Waals surface area contributed by atoms with Crippen molar-refractivity contribution in [2.24, 2.45) is 0 Å². The summed E-state index contributed by atoms with van der Waals surface area (Å²) in [7, 11) is 1.93. The maximum absolute atomic E-state index is 6.13. The normalized spacial score (nSPS) is 11.2. The average molecular weight is 300 g/mol. The number of hydrogen-bond acceptors (Lipinski definition) is 2. The Kier molecular flexibility index (Phi) is 3.70. The Balaban J connectivity index is 2.23. The second-order valence-electron chi connectivity index (χ2n) is 5.34. The molecule has 1 heterocycles. The predicted octanol–water partition coefficient (Wildman–Crippen LogP) is 4.02. The Bertz CT molecular complexity index is 805. The first-order valence-electron chi connectivity index (χ1n) is 6.98. The van der Waals surface area contributed by atoms with E-state index in [2.05, 4.69) is 40.8 Å². The molecule has 1 aromatic heterocycles. The van der Waals surface area contributed by atoms with Crippen molar-refractivity contribution in [1.82, 2.24) is 14.9 Å². The van der Waals surface area contributed by atoms with E-state index >= 15 is 0 Å². The number of halogens is 1. The van der Waals surface area contributed by atoms with Gasteiger partial charge in [-0.25, -0.2) is 4.98 Å². The van der Waals surface area contributed by atoms with Crippen molar-refractivity contribution < 1.29 is 0 Å². The summed E-state index contributed by atoms with van der Waals surface area (Å²) >= 11 is 6.13. The van der Waals surface area contributed by atoms with Crippen LogP contribution < -0.4 is 5.32 Å². The first-order valence-corrected chi connectivity index (χ1v) is 7.35. The van der Waals surface area contributed by atoms with Gasteiger partial charge in [0.1, 0.15) is 6.33 Å². The van der Waals surface area contributed by atoms with Crippen LogP contribution in [-0.2, 0) is 6.54 Å². The highest BCUT2D eigenvalue weighted by Gasteiger charge is 2.10. The van der Waals surface area contributed by atoms with Gasteiger partial charge in [-0.05, 0) is 67.9 Å². The first kappa shape index (κ1) is 14.1. The number of hydrogen-bond donors (Lipinski definition) is 1. The fraction of sp³-hybridized carbons (Fsp3) is 0.235. The maximum atomic E-state index is 6.13. The third-order valence-electron chi connectivity index (χ3n) is 3.83. The van der Waals surface area contributed by atoms with Gasteiger partial charge in [-0.15, -0.1) is 0 Å². The van der Waals surface area contributed by atoms with Gasteiger partial charge in [0.2, 0.25) is 0 Å². The van der Waals surface area contributed by atoms with Crippen molar-refractivity contribution in [3.8, 4) is 5.69 Å². The molecule has 0 unspecified atom stereocenters. The molecule has 21 heavy (non-hydrogen) atoms. The number of nitrogens with one attached hydrogen (secondary N) is 1. The van der Waals surface area contributed by atoms with Crippen LogP contribution in [0, 0.1) is 13.8 Å². The van der Waals surface area contributed by atoms with Crippen molar-refractivity contribution in [2.75, 3.05) is 7.05 Å². The van der Waals surface area contributed by atoms with Crippen LogP contribution in [0.15, 0.2) is 36.7 Å². The van der Waals surface area contributed by atoms with Crippen LogP contribution >= 0.6 is 11.6 Å². The van der Waals surface area contributed by atoms with E-state index in [1.165, 1.54) is 11.1 Å². The molecule has 0 spiro atoms. The van der Waals surface area contributed by atoms with Crippen molar-refractivity contribution in [2.45, 2.75) is 20.4 Å². The highest BCUT2D eigenvalue weighted by atomic mass is 35.5. The van der Waals surface area contributed by atoms with Crippen LogP contribution in [0.2, 0.25) is 5.02 Å². The zero-order valence-corrected chi connectivity index (χ0v) is 13.2. The van der Waals surface area contributed by atoms with E-state index in [4.69, 9.17) is 11.6 Å². The van der Waals surface area contributed by atoms with Gasteiger partial charge in [-0.1, -0.05) is 11.6 Å². The molecular weight excluding hydrogens is 282 g/mol. The van der Waals surface area contributed by atoms with E-state index in [0.717, 1.165) is 33.9 Å². The molecule has 3 rings (SSSR count). The number of imidazole rings is 1. The van der Waals surface area contributed by atoms with E-state index in [0.29, 0.717) is 0 Å². The quantitative estimate of drug-likeness (QED) is 0.792. The summed E-state index contributed by atoms with van der Waals surface area (Å²) in [5, 5.41) is 3.94. The lowest BCUT2D eigenvalue weighted by molar-refractivity contribution is 0.809. The van der Waals surface area contributed by atoms with E-state index in [1.807, 2.05) is 31.6 Å². The van der Waals surface area contributed by atoms with E-state index in [9.17, 15) is 0 Å². The van der Waals surface area contributed by atoms with Crippen molar-refractivity contribution in [3.05, 3.63) is 58.4 Å². The Morgan fingerprint density at radius 3 is 2.67 bits per heavy atom. The van der Waals surface area contributed by atoms with Gasteiger partial charge in [0, 0.05) is 11.6 Å². The first-order chi connectivity index (χ1) is 10.1. The van der Waals surface area contributed by atoms with Gasteiger partial charge in [-0.2, -0.15) is 0 Å². The molecule has 0 fully saturated rings. The SMILES string of the molecule is CNCc1cc(Cl)ccc1-n1cnc2cc(C)c(C)cc21. The van der Waals surface area contributed by atoms with Gasteiger partial charge in [-0.3, -0.25) is 4.57 Å². The zero-order chi connectivity index (χ0) is 15.0. The molecule has 3 nitrogen and oxygen atoms in total. The summed E-state index contributed by atoms with van der Waals surface area (Å²) in [6, 6.07) is 10.3. The predicted molar refractivity (Wildman–Crippen MR) is 88.3 cm³/mol. The summed E-state index contributed by atoms with van der Waals surface area (Å²) in [4.78, 5) is 4.53. The van der Waals surface area contributed by atoms with Gasteiger partial charge < -0.3 is 5.32 Å². The topological polar surface area (TPSA) is 29.9 Å². The number of fused-ring (bicyclic) bond motifs is 1. The molecule has 2 aromatic carbocycles. The highest BCUT2D eigenvalue weighted by molar-refractivity contribution is 6.30. The molecule has 1 N–H and O–H groups in total. The van der Waals surface area contributed by atoms with Gasteiger partial charge in [0.15, 0.2) is 0 Å². The largest absolute Gasteiger partial charge is 0.316 e. The van der Waals surface area contributed by atoms with Crippen LogP contribution in [0.25, 0.3) is 16.7 Å². The summed E-state index contributed by atoms with van der Waals surface area (Å²) < 4.78 is 2.13. The smallest absolute Gasteiger partial charge is 0.100 e. The molecule has 108 valence electrons. The summed E-state index contributed by atoms with van der Waals surface area (Å²) in [5.74, 6) is 0. The summed E-state index contributed by atoms with van der Waals surface area (Å²) in [6.07, 6.45) is 1.88. The molecule has 0 amide bonds. The molecule has 0 radical (unpaired) electrons. The Morgan fingerprint density at radius 1 is 1.14 bits per heavy atom. The zero-order valence-electron chi connectivity index (χ0n) is 12.4. The number of aromatic nitrogens is 2. The molecule has 0 atom stereocenters. The minimum Gasteiger partial charge on any atom is -0.316 e. The Morgan fingerprint density at radius 2 is 1.90 bits per heavy atom. The molecule has 3 aromatic rings. The minimum atomic E-state index is 0.750. The van der Waals surface area contributed by atoms with Gasteiger partial charge in [0.05, 0.1) is 16.7 Å². The van der Waals surface area contributed by atoms with E-state index < -0.39 is 0 Å². The van der Waals surface area contributed by atoms with E-state index in [1.54, 1.807) is 0 Å². The fourth-order valence-corrected chi connectivity index (χ4v) is 2.77. The average Bonchev–Trinajstić information content (AvgIpc) is 2.83. The molecular formula is C17H18ClN3. The molecule has 0 saturated heterocycles. The van der Waals surface area contributed by atoms with Crippen molar-refractivity contribution in [1.29, 1.82) is 0 Å². The van der Waals surface area contributed by atoms with Gasteiger partial charge in [0.25, 0.3) is 0 Å². The fourth-order valence-electron chi connectivity index (χ4n) is 2.58. The second kappa shape index (κ2) is 5.51. The number of rotatable bonds is 3. The van der Waals surface area contributed by atoms with Gasteiger partial charge >= 0.3 is 0 Å². The van der Waals surface area contributed by atoms with Crippen LogP contribution in [-0.4, -0.2) is 16.6 Å². The highest BCUT2D eigenvalue weighted by Crippen LogP contribution is 2.25. The third-order valence-corrected chi connectivity index (χ3v) is 4.07. The van der Waals surface area contributed by atoms with Crippen LogP contribution in [0.4, 0.5) is 0 Å². The number of nitrogens with zero attached hydrogens (tertiary/aromatic N) is 2. The third kappa shape index (κ3) is 2.55. The Labute approximate surface area is 129 Å². The maximum Gasteiger partial charge on any atom is 0.100 e. The summed E-state index contributed by atoms with van der Waals surface area (Å²) in [6.45, 7) is 5.01. The number of benzene rings is 2. The van der Waals surface area contributed by atoms with E-state index in [-0.39, 0.29) is 0 Å². The monoisotopic (exact) mass is 299 g/mol. The lowest BCUT2D eigenvalue weighted by Gasteiger charge is -2.12. The molecule has 0 aliphatic carbocycles. The minimum absolute atomic E-state index is 0.750. The van der Waals surface area contributed by atoms with Crippen LogP contribution in [0.1, 0.15) is 16.7 Å². The lowest BCUT2D eigenvalue weighted by atomic mass is 10.1. The summed E-state index contributed by atoms with van der Waals surface area (Å²) in [5.41, 5.74) is 6.94. The molecule has 0 bridgehead atoms. The van der Waals surface area contributed by atoms with Crippen LogP contribution in [0.5, 0.6) is 0 Å². The van der Waals surface area contributed by atoms with Crippen LogP contribution in [0.3, 0.4) is 0 Å². The number of aryl methyl sites for hydroxylation is 2. The standard InChI is InChI=1S/C17H18ClN3/c1-11-6-15-17(7-12(11)2)21(10-20-15)16-5-4-14(18)8-13(16)9-19-3/h4-8,10,19H,9H2,1-3H3. The Hall–Kier alpha value is -1.84. The van der Waals surface area contributed by atoms with Crippen molar-refractivity contribution in [3.63, 3.8) is 0 Å². The molecule has 0 aliphatic rings. The molecule has 4 heteroatoms. The molecule has 0 saturated carbocycles. The molecule has 0 aliphatic heterocycles. The van der Waals surface area contributed by atoms with Crippen molar-refractivity contribution >= 4 is 22.6 Å².